The van der Waals surface area contributed by atoms with E-state index in [4.69, 9.17) is 0 Å². The lowest BCUT2D eigenvalue weighted by atomic mass is 9.89. The molecule has 0 radical (unpaired) electrons. The molecule has 0 spiro atoms. The molecule has 3 heterocycles. The SMILES string of the molecule is CCc1nc2c(C)cccn2c1C(=O)NCc1ccc(N2CCC(/C(C)=C/C=C(\C)OC(F)(F)F)CC2)cc1. The monoisotopic (exact) mass is 540 g/mol. The molecule has 39 heavy (non-hydrogen) atoms. The van der Waals surface area contributed by atoms with Crippen LogP contribution in [0.2, 0.25) is 0 Å². The van der Waals surface area contributed by atoms with Crippen molar-refractivity contribution >= 4 is 17.2 Å². The summed E-state index contributed by atoms with van der Waals surface area (Å²) in [6.07, 6.45) is 2.83. The van der Waals surface area contributed by atoms with Gasteiger partial charge in [0.1, 0.15) is 17.1 Å². The van der Waals surface area contributed by atoms with Crippen LogP contribution in [0.1, 0.15) is 60.9 Å². The number of fused-ring (bicyclic) bond motifs is 1. The van der Waals surface area contributed by atoms with Crippen LogP contribution in [0.15, 0.2) is 66.1 Å². The van der Waals surface area contributed by atoms with Crippen molar-refractivity contribution in [2.24, 2.45) is 5.92 Å². The molecule has 1 amide bonds. The third kappa shape index (κ3) is 7.02. The number of alkyl halides is 3. The number of ether oxygens (including phenoxy) is 1. The number of carbonyl (C=O) groups is 1. The number of carbonyl (C=O) groups excluding carboxylic acids is 1. The fraction of sp³-hybridized carbons (Fsp3) is 0.400. The van der Waals surface area contributed by atoms with Crippen molar-refractivity contribution in [3.63, 3.8) is 0 Å². The molecule has 0 unspecified atom stereocenters. The highest BCUT2D eigenvalue weighted by molar-refractivity contribution is 5.94. The first-order valence-electron chi connectivity index (χ1n) is 13.2. The molecule has 0 saturated carbocycles. The van der Waals surface area contributed by atoms with Gasteiger partial charge in [0, 0.05) is 31.5 Å². The molecule has 3 aromatic rings. The highest BCUT2D eigenvalue weighted by Crippen LogP contribution is 2.28. The number of allylic oxidation sites excluding steroid dienone is 4. The molecule has 2 aromatic heterocycles. The zero-order chi connectivity index (χ0) is 28.2. The summed E-state index contributed by atoms with van der Waals surface area (Å²) in [5.41, 5.74) is 6.38. The Labute approximate surface area is 227 Å². The fourth-order valence-electron chi connectivity index (χ4n) is 5.02. The highest BCUT2D eigenvalue weighted by Gasteiger charge is 2.30. The molecule has 4 rings (SSSR count). The summed E-state index contributed by atoms with van der Waals surface area (Å²) in [5.74, 6) is 0.00614. The third-order valence-corrected chi connectivity index (χ3v) is 7.22. The number of aryl methyl sites for hydroxylation is 2. The summed E-state index contributed by atoms with van der Waals surface area (Å²) in [6, 6.07) is 12.1. The minimum absolute atomic E-state index is 0.144. The van der Waals surface area contributed by atoms with E-state index in [-0.39, 0.29) is 11.7 Å². The Balaban J connectivity index is 1.31. The van der Waals surface area contributed by atoms with E-state index in [9.17, 15) is 18.0 Å². The number of pyridine rings is 1. The number of aromatic nitrogens is 2. The Hall–Kier alpha value is -3.75. The maximum Gasteiger partial charge on any atom is 0.572 e. The molecule has 1 fully saturated rings. The third-order valence-electron chi connectivity index (χ3n) is 7.22. The van der Waals surface area contributed by atoms with Gasteiger partial charge in [-0.25, -0.2) is 4.98 Å². The Morgan fingerprint density at radius 3 is 2.46 bits per heavy atom. The van der Waals surface area contributed by atoms with Gasteiger partial charge < -0.3 is 15.0 Å². The topological polar surface area (TPSA) is 58.9 Å². The number of nitrogens with one attached hydrogen (secondary N) is 1. The number of rotatable bonds is 8. The van der Waals surface area contributed by atoms with Gasteiger partial charge in [0.05, 0.1) is 5.69 Å². The van der Waals surface area contributed by atoms with Gasteiger partial charge in [0.25, 0.3) is 5.91 Å². The molecule has 0 aliphatic carbocycles. The number of hydrogen-bond donors (Lipinski definition) is 1. The van der Waals surface area contributed by atoms with E-state index in [2.05, 4.69) is 32.1 Å². The zero-order valence-corrected chi connectivity index (χ0v) is 22.8. The molecule has 208 valence electrons. The molecule has 0 atom stereocenters. The number of nitrogens with zero attached hydrogens (tertiary/aromatic N) is 3. The normalized spacial score (nSPS) is 15.6. The Morgan fingerprint density at radius 1 is 1.13 bits per heavy atom. The van der Waals surface area contributed by atoms with Crippen molar-refractivity contribution < 1.29 is 22.7 Å². The van der Waals surface area contributed by atoms with Crippen molar-refractivity contribution in [2.45, 2.75) is 59.9 Å². The zero-order valence-electron chi connectivity index (χ0n) is 22.8. The minimum atomic E-state index is -4.67. The van der Waals surface area contributed by atoms with Crippen LogP contribution in [0.25, 0.3) is 5.65 Å². The lowest BCUT2D eigenvalue weighted by Crippen LogP contribution is -2.34. The van der Waals surface area contributed by atoms with Crippen LogP contribution in [0, 0.1) is 12.8 Å². The predicted octanol–water partition coefficient (Wildman–Crippen LogP) is 6.74. The Bertz CT molecular complexity index is 1370. The second-order valence-corrected chi connectivity index (χ2v) is 9.99. The average Bonchev–Trinajstić information content (AvgIpc) is 3.30. The molecule has 9 heteroatoms. The standard InChI is InChI=1S/C30H35F3N4O2/c1-5-26-27(37-16-6-7-21(3)28(37)35-26)29(38)34-19-23-10-12-25(13-11-23)36-17-14-24(15-18-36)20(2)8-9-22(4)39-30(31,32)33/h6-13,16,24H,5,14-15,17-19H2,1-4H3,(H,34,38)/b20-8+,22-9+. The highest BCUT2D eigenvalue weighted by atomic mass is 19.4. The molecule has 6 nitrogen and oxygen atoms in total. The fourth-order valence-corrected chi connectivity index (χ4v) is 5.02. The molecular weight excluding hydrogens is 505 g/mol. The Morgan fingerprint density at radius 2 is 1.82 bits per heavy atom. The van der Waals surface area contributed by atoms with Crippen molar-refractivity contribution in [3.8, 4) is 0 Å². The van der Waals surface area contributed by atoms with Crippen LogP contribution in [-0.2, 0) is 17.7 Å². The van der Waals surface area contributed by atoms with Gasteiger partial charge in [0.2, 0.25) is 0 Å². The first-order valence-corrected chi connectivity index (χ1v) is 13.2. The molecule has 0 bridgehead atoms. The maximum absolute atomic E-state index is 13.1. The van der Waals surface area contributed by atoms with E-state index >= 15 is 0 Å². The molecular formula is C30H35F3N4O2. The lowest BCUT2D eigenvalue weighted by Gasteiger charge is -2.34. The van der Waals surface area contributed by atoms with Gasteiger partial charge in [0.15, 0.2) is 0 Å². The Kier molecular flexibility index (Phi) is 8.67. The van der Waals surface area contributed by atoms with Gasteiger partial charge in [-0.1, -0.05) is 36.8 Å². The van der Waals surface area contributed by atoms with Gasteiger partial charge in [-0.05, 0) is 81.4 Å². The summed E-state index contributed by atoms with van der Waals surface area (Å²) in [4.78, 5) is 20.1. The number of anilines is 1. The van der Waals surface area contributed by atoms with Crippen molar-refractivity contribution in [1.29, 1.82) is 0 Å². The summed E-state index contributed by atoms with van der Waals surface area (Å²) >= 11 is 0. The van der Waals surface area contributed by atoms with Gasteiger partial charge in [-0.15, -0.1) is 13.2 Å². The van der Waals surface area contributed by atoms with E-state index in [0.717, 1.165) is 59.7 Å². The van der Waals surface area contributed by atoms with E-state index in [1.807, 2.05) is 55.6 Å². The smallest absolute Gasteiger partial charge is 0.411 e. The molecule has 1 N–H and O–H groups in total. The minimum Gasteiger partial charge on any atom is -0.411 e. The summed E-state index contributed by atoms with van der Waals surface area (Å²) in [7, 11) is 0. The number of halogens is 3. The predicted molar refractivity (Wildman–Crippen MR) is 147 cm³/mol. The van der Waals surface area contributed by atoms with Gasteiger partial charge >= 0.3 is 6.36 Å². The van der Waals surface area contributed by atoms with Gasteiger partial charge in [-0.3, -0.25) is 9.20 Å². The van der Waals surface area contributed by atoms with E-state index < -0.39 is 6.36 Å². The van der Waals surface area contributed by atoms with Crippen LogP contribution < -0.4 is 10.2 Å². The number of imidazole rings is 1. The maximum atomic E-state index is 13.1. The van der Waals surface area contributed by atoms with Crippen LogP contribution in [0.5, 0.6) is 0 Å². The molecule has 1 saturated heterocycles. The van der Waals surface area contributed by atoms with Crippen LogP contribution in [0.4, 0.5) is 18.9 Å². The second kappa shape index (κ2) is 12.0. The van der Waals surface area contributed by atoms with Crippen molar-refractivity contribution in [1.82, 2.24) is 14.7 Å². The second-order valence-electron chi connectivity index (χ2n) is 9.99. The number of hydrogen-bond acceptors (Lipinski definition) is 4. The quantitative estimate of drug-likeness (QED) is 0.254. The van der Waals surface area contributed by atoms with Gasteiger partial charge in [-0.2, -0.15) is 0 Å². The van der Waals surface area contributed by atoms with E-state index in [1.54, 1.807) is 6.08 Å². The number of piperidine rings is 1. The summed E-state index contributed by atoms with van der Waals surface area (Å²) in [5, 5.41) is 3.04. The van der Waals surface area contributed by atoms with Crippen LogP contribution in [-0.4, -0.2) is 34.7 Å². The first kappa shape index (κ1) is 28.3. The summed E-state index contributed by atoms with van der Waals surface area (Å²) in [6.45, 7) is 9.39. The summed E-state index contributed by atoms with van der Waals surface area (Å²) < 4.78 is 42.8. The lowest BCUT2D eigenvalue weighted by molar-refractivity contribution is -0.305. The van der Waals surface area contributed by atoms with Crippen molar-refractivity contribution in [3.05, 3.63) is 88.6 Å². The van der Waals surface area contributed by atoms with Crippen molar-refractivity contribution in [2.75, 3.05) is 18.0 Å². The molecule has 1 aliphatic heterocycles. The van der Waals surface area contributed by atoms with Crippen LogP contribution in [0.3, 0.4) is 0 Å². The largest absolute Gasteiger partial charge is 0.572 e. The molecule has 1 aromatic carbocycles. The average molecular weight is 541 g/mol. The first-order chi connectivity index (χ1) is 18.6. The molecule has 1 aliphatic rings. The van der Waals surface area contributed by atoms with E-state index in [1.165, 1.54) is 13.0 Å². The van der Waals surface area contributed by atoms with Crippen LogP contribution >= 0.6 is 0 Å². The number of amides is 1. The number of benzene rings is 1. The van der Waals surface area contributed by atoms with E-state index in [0.29, 0.717) is 24.6 Å².